The lowest BCUT2D eigenvalue weighted by Crippen LogP contribution is -2.24. The first kappa shape index (κ1) is 25.6. The van der Waals surface area contributed by atoms with Crippen LogP contribution in [0.15, 0.2) is 41.5 Å². The Hall–Kier alpha value is -3.99. The van der Waals surface area contributed by atoms with Crippen molar-refractivity contribution >= 4 is 29.4 Å². The molecule has 0 bridgehead atoms. The molecule has 0 unspecified atom stereocenters. The first-order valence-corrected chi connectivity index (χ1v) is 10.9. The summed E-state index contributed by atoms with van der Waals surface area (Å²) in [7, 11) is 0. The van der Waals surface area contributed by atoms with Crippen LogP contribution in [-0.2, 0) is 17.9 Å². The summed E-state index contributed by atoms with van der Waals surface area (Å²) in [5, 5.41) is 19.3. The minimum Gasteiger partial charge on any atom is -0.490 e. The molecular weight excluding hydrogens is 481 g/mol. The maximum Gasteiger partial charge on any atom is 0.312 e. The average Bonchev–Trinajstić information content (AvgIpc) is 3.07. The fourth-order valence-corrected chi connectivity index (χ4v) is 3.49. The average molecular weight is 504 g/mol. The fourth-order valence-electron chi connectivity index (χ4n) is 3.27. The zero-order chi connectivity index (χ0) is 25.5. The molecule has 0 spiro atoms. The van der Waals surface area contributed by atoms with Crippen molar-refractivity contribution in [3.05, 3.63) is 79.9 Å². The van der Waals surface area contributed by atoms with Crippen LogP contribution in [0.1, 0.15) is 29.4 Å². The van der Waals surface area contributed by atoms with E-state index in [9.17, 15) is 19.3 Å². The third-order valence-corrected chi connectivity index (χ3v) is 5.28. The normalized spacial score (nSPS) is 11.0. The zero-order valence-electron chi connectivity index (χ0n) is 19.2. The third kappa shape index (κ3) is 6.33. The number of amides is 1. The Balaban J connectivity index is 1.65. The van der Waals surface area contributed by atoms with Gasteiger partial charge in [-0.05, 0) is 56.7 Å². The predicted octanol–water partition coefficient (Wildman–Crippen LogP) is 4.33. The Morgan fingerprint density at radius 3 is 2.71 bits per heavy atom. The number of carbonyl (C=O) groups excluding carboxylic acids is 1. The van der Waals surface area contributed by atoms with E-state index in [0.717, 1.165) is 0 Å². The van der Waals surface area contributed by atoms with Gasteiger partial charge >= 0.3 is 5.69 Å². The first-order valence-electron chi connectivity index (χ1n) is 10.5. The Bertz CT molecular complexity index is 1260. The number of ether oxygens (including phenoxy) is 2. The monoisotopic (exact) mass is 503 g/mol. The van der Waals surface area contributed by atoms with E-state index in [-0.39, 0.29) is 40.8 Å². The smallest absolute Gasteiger partial charge is 0.312 e. The second-order valence-corrected chi connectivity index (χ2v) is 7.76. The topological polar surface area (TPSA) is 121 Å². The molecule has 0 aliphatic rings. The van der Waals surface area contributed by atoms with Crippen molar-refractivity contribution in [3.63, 3.8) is 0 Å². The summed E-state index contributed by atoms with van der Waals surface area (Å²) in [5.41, 5.74) is 3.58. The van der Waals surface area contributed by atoms with Crippen molar-refractivity contribution in [1.29, 1.82) is 0 Å². The number of nitro groups is 1. The van der Waals surface area contributed by atoms with Gasteiger partial charge in [0.05, 0.1) is 22.8 Å². The van der Waals surface area contributed by atoms with Gasteiger partial charge in [0.25, 0.3) is 5.91 Å². The standard InChI is InChI=1S/C23H23ClFN5O5/c1-4-34-21-10-16(8-9-20(21)35-13-17-18(24)6-5-7-19(17)25)11-26-27-22(31)12-29-15(3)23(30(32)33)14(2)28-29/h5-11H,4,12-13H2,1-3H3,(H,27,31). The van der Waals surface area contributed by atoms with E-state index in [4.69, 9.17) is 21.1 Å². The van der Waals surface area contributed by atoms with E-state index in [0.29, 0.717) is 23.7 Å². The molecule has 0 saturated heterocycles. The Kier molecular flexibility index (Phi) is 8.37. The van der Waals surface area contributed by atoms with Crippen LogP contribution in [0.3, 0.4) is 0 Å². The predicted molar refractivity (Wildman–Crippen MR) is 127 cm³/mol. The van der Waals surface area contributed by atoms with Crippen molar-refractivity contribution < 1.29 is 23.6 Å². The molecule has 2 aromatic carbocycles. The molecule has 35 heavy (non-hydrogen) atoms. The van der Waals surface area contributed by atoms with E-state index in [1.54, 1.807) is 24.3 Å². The van der Waals surface area contributed by atoms with Gasteiger partial charge in [-0.2, -0.15) is 10.2 Å². The van der Waals surface area contributed by atoms with Gasteiger partial charge in [0, 0.05) is 5.56 Å². The number of benzene rings is 2. The highest BCUT2D eigenvalue weighted by atomic mass is 35.5. The highest BCUT2D eigenvalue weighted by molar-refractivity contribution is 6.31. The molecule has 0 fully saturated rings. The van der Waals surface area contributed by atoms with Gasteiger partial charge in [0.15, 0.2) is 11.5 Å². The number of nitrogens with zero attached hydrogens (tertiary/aromatic N) is 4. The summed E-state index contributed by atoms with van der Waals surface area (Å²) in [6, 6.07) is 9.37. The number of rotatable bonds is 10. The molecule has 1 amide bonds. The molecule has 1 N–H and O–H groups in total. The lowest BCUT2D eigenvalue weighted by atomic mass is 10.2. The molecule has 3 rings (SSSR count). The summed E-state index contributed by atoms with van der Waals surface area (Å²) in [5.74, 6) is -0.179. The van der Waals surface area contributed by atoms with Gasteiger partial charge in [0.2, 0.25) is 0 Å². The number of halogens is 2. The van der Waals surface area contributed by atoms with Gasteiger partial charge in [-0.3, -0.25) is 19.6 Å². The van der Waals surface area contributed by atoms with Crippen LogP contribution in [0.25, 0.3) is 0 Å². The number of hydrogen-bond donors (Lipinski definition) is 1. The Morgan fingerprint density at radius 2 is 2.06 bits per heavy atom. The number of nitrogens with one attached hydrogen (secondary N) is 1. The number of aromatic nitrogens is 2. The summed E-state index contributed by atoms with van der Waals surface area (Å²) in [6.45, 7) is 4.89. The summed E-state index contributed by atoms with van der Waals surface area (Å²) >= 11 is 6.05. The van der Waals surface area contributed by atoms with Gasteiger partial charge in [-0.15, -0.1) is 0 Å². The quantitative estimate of drug-likeness (QED) is 0.250. The summed E-state index contributed by atoms with van der Waals surface area (Å²) in [4.78, 5) is 22.8. The lowest BCUT2D eigenvalue weighted by Gasteiger charge is -2.13. The molecule has 1 heterocycles. The minimum absolute atomic E-state index is 0.0838. The molecule has 0 aliphatic carbocycles. The molecule has 10 nitrogen and oxygen atoms in total. The van der Waals surface area contributed by atoms with Gasteiger partial charge in [-0.25, -0.2) is 9.82 Å². The zero-order valence-corrected chi connectivity index (χ0v) is 20.0. The molecule has 1 aromatic heterocycles. The van der Waals surface area contributed by atoms with E-state index >= 15 is 0 Å². The molecular formula is C23H23ClFN5O5. The molecule has 3 aromatic rings. The highest BCUT2D eigenvalue weighted by Gasteiger charge is 2.22. The molecule has 0 atom stereocenters. The Morgan fingerprint density at radius 1 is 1.29 bits per heavy atom. The summed E-state index contributed by atoms with van der Waals surface area (Å²) in [6.07, 6.45) is 1.40. The van der Waals surface area contributed by atoms with Gasteiger partial charge in [0.1, 0.15) is 30.4 Å². The number of carbonyl (C=O) groups is 1. The molecule has 0 aliphatic heterocycles. The van der Waals surface area contributed by atoms with Crippen LogP contribution in [0.5, 0.6) is 11.5 Å². The fraction of sp³-hybridized carbons (Fsp3) is 0.261. The van der Waals surface area contributed by atoms with E-state index in [1.807, 2.05) is 6.92 Å². The molecule has 12 heteroatoms. The van der Waals surface area contributed by atoms with Gasteiger partial charge < -0.3 is 9.47 Å². The minimum atomic E-state index is -0.529. The highest BCUT2D eigenvalue weighted by Crippen LogP contribution is 2.30. The molecule has 0 saturated carbocycles. The number of hydrogen-bond acceptors (Lipinski definition) is 7. The third-order valence-electron chi connectivity index (χ3n) is 4.92. The van der Waals surface area contributed by atoms with Crippen molar-refractivity contribution in [1.82, 2.24) is 15.2 Å². The van der Waals surface area contributed by atoms with Crippen molar-refractivity contribution in [2.45, 2.75) is 33.9 Å². The van der Waals surface area contributed by atoms with Crippen LogP contribution in [0, 0.1) is 29.8 Å². The second-order valence-electron chi connectivity index (χ2n) is 7.36. The molecule has 0 radical (unpaired) electrons. The van der Waals surface area contributed by atoms with Crippen LogP contribution < -0.4 is 14.9 Å². The lowest BCUT2D eigenvalue weighted by molar-refractivity contribution is -0.386. The van der Waals surface area contributed by atoms with Crippen molar-refractivity contribution in [2.75, 3.05) is 6.61 Å². The van der Waals surface area contributed by atoms with E-state index < -0.39 is 16.6 Å². The number of hydrazone groups is 1. The number of aryl methyl sites for hydroxylation is 1. The largest absolute Gasteiger partial charge is 0.490 e. The van der Waals surface area contributed by atoms with E-state index in [2.05, 4.69) is 15.6 Å². The van der Waals surface area contributed by atoms with Crippen LogP contribution in [0.2, 0.25) is 5.02 Å². The van der Waals surface area contributed by atoms with E-state index in [1.165, 1.54) is 36.9 Å². The summed E-state index contributed by atoms with van der Waals surface area (Å²) < 4.78 is 26.6. The maximum atomic E-state index is 14.0. The maximum absolute atomic E-state index is 14.0. The first-order chi connectivity index (χ1) is 16.7. The molecule has 184 valence electrons. The SMILES string of the molecule is CCOc1cc(C=NNC(=O)Cn2nc(C)c([N+](=O)[O-])c2C)ccc1OCc1c(F)cccc1Cl. The van der Waals surface area contributed by atoms with Crippen molar-refractivity contribution in [2.24, 2.45) is 5.10 Å². The van der Waals surface area contributed by atoms with Gasteiger partial charge in [-0.1, -0.05) is 17.7 Å². The van der Waals surface area contributed by atoms with Crippen LogP contribution in [0.4, 0.5) is 10.1 Å². The second kappa shape index (κ2) is 11.4. The van der Waals surface area contributed by atoms with Crippen LogP contribution >= 0.6 is 11.6 Å². The van der Waals surface area contributed by atoms with Crippen molar-refractivity contribution in [3.8, 4) is 11.5 Å². The Labute approximate surface area is 205 Å². The van der Waals surface area contributed by atoms with Crippen LogP contribution in [-0.4, -0.2) is 33.4 Å².